The molecule has 2 aromatic rings. The summed E-state index contributed by atoms with van der Waals surface area (Å²) in [7, 11) is 0. The number of hydrogen-bond acceptors (Lipinski definition) is 1. The lowest BCUT2D eigenvalue weighted by atomic mass is 10.1. The molecular formula is C12H8ClN3. The summed E-state index contributed by atoms with van der Waals surface area (Å²) in [6.45, 7) is 0. The molecule has 4 heteroatoms. The molecule has 0 atom stereocenters. The van der Waals surface area contributed by atoms with E-state index in [0.717, 1.165) is 11.1 Å². The van der Waals surface area contributed by atoms with E-state index in [1.807, 2.05) is 42.5 Å². The highest BCUT2D eigenvalue weighted by atomic mass is 35.5. The van der Waals surface area contributed by atoms with E-state index < -0.39 is 0 Å². The van der Waals surface area contributed by atoms with Gasteiger partial charge in [0.2, 0.25) is 0 Å². The minimum absolute atomic E-state index is 0.606. The third-order valence-electron chi connectivity index (χ3n) is 2.18. The molecule has 0 aliphatic rings. The van der Waals surface area contributed by atoms with Crippen molar-refractivity contribution in [3.8, 4) is 11.1 Å². The smallest absolute Gasteiger partial charge is 0.0406 e. The molecule has 0 bridgehead atoms. The van der Waals surface area contributed by atoms with Gasteiger partial charge in [-0.25, -0.2) is 0 Å². The molecule has 0 amide bonds. The van der Waals surface area contributed by atoms with Crippen LogP contribution < -0.4 is 0 Å². The number of azide groups is 1. The fourth-order valence-corrected chi connectivity index (χ4v) is 1.57. The van der Waals surface area contributed by atoms with E-state index >= 15 is 0 Å². The van der Waals surface area contributed by atoms with Crippen LogP contribution in [-0.4, -0.2) is 0 Å². The van der Waals surface area contributed by atoms with Crippen molar-refractivity contribution in [3.63, 3.8) is 0 Å². The highest BCUT2D eigenvalue weighted by Gasteiger charge is 1.98. The van der Waals surface area contributed by atoms with Crippen molar-refractivity contribution in [2.75, 3.05) is 0 Å². The van der Waals surface area contributed by atoms with Gasteiger partial charge in [-0.15, -0.1) is 0 Å². The summed E-state index contributed by atoms with van der Waals surface area (Å²) < 4.78 is 0. The molecule has 0 radical (unpaired) electrons. The van der Waals surface area contributed by atoms with Crippen molar-refractivity contribution in [1.82, 2.24) is 0 Å². The Morgan fingerprint density at radius 1 is 1.00 bits per heavy atom. The van der Waals surface area contributed by atoms with Crippen LogP contribution in [0.4, 0.5) is 5.69 Å². The lowest BCUT2D eigenvalue weighted by Crippen LogP contribution is -1.76. The molecule has 0 fully saturated rings. The molecule has 0 unspecified atom stereocenters. The fourth-order valence-electron chi connectivity index (χ4n) is 1.44. The van der Waals surface area contributed by atoms with Gasteiger partial charge in [0.05, 0.1) is 0 Å². The third kappa shape index (κ3) is 2.34. The molecule has 0 aliphatic heterocycles. The van der Waals surface area contributed by atoms with Gasteiger partial charge in [0.15, 0.2) is 0 Å². The number of nitrogens with zero attached hydrogens (tertiary/aromatic N) is 3. The predicted octanol–water partition coefficient (Wildman–Crippen LogP) is 4.95. The Balaban J connectivity index is 2.43. The lowest BCUT2D eigenvalue weighted by molar-refractivity contribution is 1.47. The molecule has 0 saturated heterocycles. The van der Waals surface area contributed by atoms with Crippen LogP contribution in [0.15, 0.2) is 53.6 Å². The first kappa shape index (κ1) is 10.6. The zero-order chi connectivity index (χ0) is 11.4. The predicted molar refractivity (Wildman–Crippen MR) is 65.7 cm³/mol. The Kier molecular flexibility index (Phi) is 3.10. The van der Waals surface area contributed by atoms with Gasteiger partial charge >= 0.3 is 0 Å². The highest BCUT2D eigenvalue weighted by molar-refractivity contribution is 6.30. The van der Waals surface area contributed by atoms with E-state index in [1.165, 1.54) is 0 Å². The van der Waals surface area contributed by atoms with Crippen LogP contribution in [0.1, 0.15) is 0 Å². The van der Waals surface area contributed by atoms with Crippen molar-refractivity contribution in [2.45, 2.75) is 0 Å². The maximum atomic E-state index is 8.36. The molecule has 0 heterocycles. The normalized spacial score (nSPS) is 9.56. The van der Waals surface area contributed by atoms with Crippen molar-refractivity contribution in [2.24, 2.45) is 5.11 Å². The quantitative estimate of drug-likeness (QED) is 0.398. The summed E-state index contributed by atoms with van der Waals surface area (Å²) in [5, 5.41) is 4.27. The van der Waals surface area contributed by atoms with Gasteiger partial charge in [0.25, 0.3) is 0 Å². The van der Waals surface area contributed by atoms with Gasteiger partial charge in [0.1, 0.15) is 0 Å². The van der Waals surface area contributed by atoms with Crippen molar-refractivity contribution < 1.29 is 0 Å². The molecule has 0 saturated carbocycles. The zero-order valence-corrected chi connectivity index (χ0v) is 9.09. The summed E-state index contributed by atoms with van der Waals surface area (Å²) in [5.74, 6) is 0. The van der Waals surface area contributed by atoms with Crippen LogP contribution in [0.25, 0.3) is 21.6 Å². The number of halogens is 1. The number of hydrogen-bond donors (Lipinski definition) is 0. The summed E-state index contributed by atoms with van der Waals surface area (Å²) in [4.78, 5) is 2.76. The average molecular weight is 230 g/mol. The van der Waals surface area contributed by atoms with Gasteiger partial charge in [-0.1, -0.05) is 47.0 Å². The molecule has 0 spiro atoms. The minimum Gasteiger partial charge on any atom is -0.0843 e. The second-order valence-electron chi connectivity index (χ2n) is 3.25. The molecule has 3 nitrogen and oxygen atoms in total. The number of benzene rings is 2. The lowest BCUT2D eigenvalue weighted by Gasteiger charge is -2.02. The average Bonchev–Trinajstić information content (AvgIpc) is 2.31. The van der Waals surface area contributed by atoms with Crippen LogP contribution >= 0.6 is 11.6 Å². The van der Waals surface area contributed by atoms with E-state index in [1.54, 1.807) is 6.07 Å². The van der Waals surface area contributed by atoms with Crippen LogP contribution in [0.5, 0.6) is 0 Å². The standard InChI is InChI=1S/C12H8ClN3/c13-11-6-4-9(5-7-11)10-2-1-3-12(8-10)15-16-14/h1-8H. The van der Waals surface area contributed by atoms with Gasteiger partial charge in [-0.05, 0) is 34.9 Å². The topological polar surface area (TPSA) is 48.8 Å². The van der Waals surface area contributed by atoms with Crippen LogP contribution in [0, 0.1) is 0 Å². The highest BCUT2D eigenvalue weighted by Crippen LogP contribution is 2.25. The minimum atomic E-state index is 0.606. The molecule has 0 aromatic heterocycles. The van der Waals surface area contributed by atoms with Crippen molar-refractivity contribution >= 4 is 17.3 Å². The first-order valence-corrected chi connectivity index (χ1v) is 5.08. The Bertz CT molecular complexity index is 542. The Morgan fingerprint density at radius 3 is 2.44 bits per heavy atom. The van der Waals surface area contributed by atoms with E-state index in [0.29, 0.717) is 10.7 Å². The monoisotopic (exact) mass is 229 g/mol. The van der Waals surface area contributed by atoms with Gasteiger partial charge in [-0.2, -0.15) is 0 Å². The van der Waals surface area contributed by atoms with Gasteiger partial charge in [0, 0.05) is 15.6 Å². The molecule has 2 rings (SSSR count). The first-order chi connectivity index (χ1) is 7.79. The third-order valence-corrected chi connectivity index (χ3v) is 2.44. The van der Waals surface area contributed by atoms with E-state index in [4.69, 9.17) is 17.1 Å². The Morgan fingerprint density at radius 2 is 1.75 bits per heavy atom. The molecular weight excluding hydrogens is 222 g/mol. The first-order valence-electron chi connectivity index (χ1n) is 4.71. The van der Waals surface area contributed by atoms with Crippen LogP contribution in [-0.2, 0) is 0 Å². The second-order valence-corrected chi connectivity index (χ2v) is 3.68. The Labute approximate surface area is 97.9 Å². The van der Waals surface area contributed by atoms with Crippen molar-refractivity contribution in [3.05, 3.63) is 64.0 Å². The largest absolute Gasteiger partial charge is 0.0843 e. The van der Waals surface area contributed by atoms with Gasteiger partial charge < -0.3 is 0 Å². The molecule has 0 N–H and O–H groups in total. The fraction of sp³-hybridized carbons (Fsp3) is 0. The molecule has 0 aliphatic carbocycles. The van der Waals surface area contributed by atoms with E-state index in [9.17, 15) is 0 Å². The van der Waals surface area contributed by atoms with Gasteiger partial charge in [-0.3, -0.25) is 0 Å². The van der Waals surface area contributed by atoms with Crippen molar-refractivity contribution in [1.29, 1.82) is 0 Å². The zero-order valence-electron chi connectivity index (χ0n) is 8.34. The SMILES string of the molecule is [N-]=[N+]=Nc1cccc(-c2ccc(Cl)cc2)c1. The summed E-state index contributed by atoms with van der Waals surface area (Å²) >= 11 is 5.81. The van der Waals surface area contributed by atoms with Crippen LogP contribution in [0.2, 0.25) is 5.02 Å². The van der Waals surface area contributed by atoms with E-state index in [2.05, 4.69) is 10.0 Å². The number of rotatable bonds is 2. The maximum Gasteiger partial charge on any atom is 0.0406 e. The molecule has 2 aromatic carbocycles. The van der Waals surface area contributed by atoms with Crippen LogP contribution in [0.3, 0.4) is 0 Å². The summed E-state index contributed by atoms with van der Waals surface area (Å²) in [6.07, 6.45) is 0. The summed E-state index contributed by atoms with van der Waals surface area (Å²) in [6, 6.07) is 14.9. The second kappa shape index (κ2) is 4.71. The molecule has 78 valence electrons. The maximum absolute atomic E-state index is 8.36. The summed E-state index contributed by atoms with van der Waals surface area (Å²) in [5.41, 5.74) is 11.0. The molecule has 16 heavy (non-hydrogen) atoms. The van der Waals surface area contributed by atoms with E-state index in [-0.39, 0.29) is 0 Å². The Hall–Kier alpha value is -1.96.